The van der Waals surface area contributed by atoms with E-state index in [1.165, 1.54) is 4.90 Å². The van der Waals surface area contributed by atoms with Crippen molar-refractivity contribution in [1.29, 1.82) is 0 Å². The topological polar surface area (TPSA) is 29.5 Å². The molecule has 1 unspecified atom stereocenters. The van der Waals surface area contributed by atoms with E-state index in [0.29, 0.717) is 12.1 Å². The summed E-state index contributed by atoms with van der Waals surface area (Å²) in [6, 6.07) is 5.58. The van der Waals surface area contributed by atoms with E-state index in [4.69, 9.17) is 4.74 Å². The van der Waals surface area contributed by atoms with Gasteiger partial charge in [0.15, 0.2) is 0 Å². The van der Waals surface area contributed by atoms with Gasteiger partial charge in [0.05, 0.1) is 6.54 Å². The van der Waals surface area contributed by atoms with Gasteiger partial charge in [0.2, 0.25) is 0 Å². The Morgan fingerprint density at radius 3 is 2.74 bits per heavy atom. The summed E-state index contributed by atoms with van der Waals surface area (Å²) in [6.07, 6.45) is -1.60. The van der Waals surface area contributed by atoms with Crippen molar-refractivity contribution in [1.82, 2.24) is 4.90 Å². The third-order valence-corrected chi connectivity index (χ3v) is 3.17. The Hall–Kier alpha value is -1.58. The van der Waals surface area contributed by atoms with Crippen LogP contribution in [0, 0.1) is 6.92 Å². The van der Waals surface area contributed by atoms with Gasteiger partial charge in [-0.1, -0.05) is 18.2 Å². The van der Waals surface area contributed by atoms with Crippen LogP contribution in [0.2, 0.25) is 0 Å². The summed E-state index contributed by atoms with van der Waals surface area (Å²) >= 11 is 0. The van der Waals surface area contributed by atoms with Crippen LogP contribution < -0.4 is 0 Å². The lowest BCUT2D eigenvalue weighted by Crippen LogP contribution is -2.41. The van der Waals surface area contributed by atoms with E-state index in [9.17, 15) is 9.18 Å². The zero-order chi connectivity index (χ0) is 14.2. The number of halogens is 1. The molecular formula is C15H20FNO2. The van der Waals surface area contributed by atoms with Gasteiger partial charge in [-0.25, -0.2) is 9.18 Å². The molecule has 1 heterocycles. The standard InChI is InChI=1S/C15H20FNO2/c1-10-6-5-7-11-12(10)8-17(9-13(11)16)14(18)19-15(2,3)4/h5-7,13H,8-9H2,1-4H3. The Morgan fingerprint density at radius 2 is 2.11 bits per heavy atom. The molecule has 0 N–H and O–H groups in total. The second kappa shape index (κ2) is 4.83. The number of fused-ring (bicyclic) bond motifs is 1. The maximum Gasteiger partial charge on any atom is 0.410 e. The molecule has 4 heteroatoms. The van der Waals surface area contributed by atoms with Crippen molar-refractivity contribution in [2.45, 2.75) is 46.0 Å². The molecule has 0 bridgehead atoms. The highest BCUT2D eigenvalue weighted by Crippen LogP contribution is 2.31. The molecule has 19 heavy (non-hydrogen) atoms. The van der Waals surface area contributed by atoms with E-state index >= 15 is 0 Å². The molecule has 1 aliphatic heterocycles. The van der Waals surface area contributed by atoms with Gasteiger partial charge in [0.25, 0.3) is 0 Å². The predicted octanol–water partition coefficient (Wildman–Crippen LogP) is 3.76. The van der Waals surface area contributed by atoms with Crippen LogP contribution in [0.5, 0.6) is 0 Å². The normalized spacial score (nSPS) is 19.0. The van der Waals surface area contributed by atoms with Crippen LogP contribution in [-0.4, -0.2) is 23.1 Å². The average Bonchev–Trinajstić information content (AvgIpc) is 2.28. The van der Waals surface area contributed by atoms with Gasteiger partial charge in [0, 0.05) is 6.54 Å². The number of aryl methyl sites for hydroxylation is 1. The summed E-state index contributed by atoms with van der Waals surface area (Å²) in [5, 5.41) is 0. The van der Waals surface area contributed by atoms with Gasteiger partial charge in [-0.3, -0.25) is 0 Å². The van der Waals surface area contributed by atoms with Gasteiger partial charge < -0.3 is 9.64 Å². The summed E-state index contributed by atoms with van der Waals surface area (Å²) in [5.41, 5.74) is 2.04. The number of carbonyl (C=O) groups is 1. The molecular weight excluding hydrogens is 245 g/mol. The van der Waals surface area contributed by atoms with Crippen LogP contribution in [0.3, 0.4) is 0 Å². The number of alkyl halides is 1. The number of ether oxygens (including phenoxy) is 1. The highest BCUT2D eigenvalue weighted by Gasteiger charge is 2.31. The van der Waals surface area contributed by atoms with Crippen molar-refractivity contribution >= 4 is 6.09 Å². The third-order valence-electron chi connectivity index (χ3n) is 3.17. The minimum Gasteiger partial charge on any atom is -0.444 e. The summed E-state index contributed by atoms with van der Waals surface area (Å²) in [7, 11) is 0. The Kier molecular flexibility index (Phi) is 3.52. The molecule has 1 aromatic rings. The fourth-order valence-electron chi connectivity index (χ4n) is 2.25. The van der Waals surface area contributed by atoms with E-state index in [0.717, 1.165) is 11.1 Å². The minimum atomic E-state index is -1.14. The molecule has 1 amide bonds. The zero-order valence-electron chi connectivity index (χ0n) is 11.9. The third kappa shape index (κ3) is 3.06. The summed E-state index contributed by atoms with van der Waals surface area (Å²) in [4.78, 5) is 13.5. The fourth-order valence-corrected chi connectivity index (χ4v) is 2.25. The molecule has 0 radical (unpaired) electrons. The van der Waals surface area contributed by atoms with E-state index in [1.54, 1.807) is 26.8 Å². The average molecular weight is 265 g/mol. The molecule has 1 atom stereocenters. The van der Waals surface area contributed by atoms with Crippen LogP contribution >= 0.6 is 0 Å². The van der Waals surface area contributed by atoms with Gasteiger partial charge >= 0.3 is 6.09 Å². The number of hydrogen-bond acceptors (Lipinski definition) is 2. The van der Waals surface area contributed by atoms with Crippen molar-refractivity contribution in [2.75, 3.05) is 6.54 Å². The van der Waals surface area contributed by atoms with Gasteiger partial charge in [0.1, 0.15) is 11.8 Å². The van der Waals surface area contributed by atoms with E-state index in [-0.39, 0.29) is 6.54 Å². The second-order valence-electron chi connectivity index (χ2n) is 5.97. The Morgan fingerprint density at radius 1 is 1.42 bits per heavy atom. The Labute approximate surface area is 113 Å². The van der Waals surface area contributed by atoms with Gasteiger partial charge in [-0.2, -0.15) is 0 Å². The van der Waals surface area contributed by atoms with Crippen LogP contribution in [0.15, 0.2) is 18.2 Å². The summed E-state index contributed by atoms with van der Waals surface area (Å²) < 4.78 is 19.5. The molecule has 0 spiro atoms. The van der Waals surface area contributed by atoms with Crippen molar-refractivity contribution in [2.24, 2.45) is 0 Å². The smallest absolute Gasteiger partial charge is 0.410 e. The predicted molar refractivity (Wildman–Crippen MR) is 71.7 cm³/mol. The first-order valence-corrected chi connectivity index (χ1v) is 6.48. The SMILES string of the molecule is Cc1cccc2c1CN(C(=O)OC(C)(C)C)CC2F. The lowest BCUT2D eigenvalue weighted by molar-refractivity contribution is 0.0159. The highest BCUT2D eigenvalue weighted by atomic mass is 19.1. The van der Waals surface area contributed by atoms with Gasteiger partial charge in [-0.05, 0) is 44.4 Å². The first-order chi connectivity index (χ1) is 8.78. The van der Waals surface area contributed by atoms with Crippen LogP contribution in [0.4, 0.5) is 9.18 Å². The first-order valence-electron chi connectivity index (χ1n) is 6.48. The summed E-state index contributed by atoms with van der Waals surface area (Å²) in [6.45, 7) is 7.83. The molecule has 0 aliphatic carbocycles. The monoisotopic (exact) mass is 265 g/mol. The maximum atomic E-state index is 14.2. The largest absolute Gasteiger partial charge is 0.444 e. The lowest BCUT2D eigenvalue weighted by atomic mass is 9.94. The van der Waals surface area contributed by atoms with Crippen LogP contribution in [0.25, 0.3) is 0 Å². The number of benzene rings is 1. The lowest BCUT2D eigenvalue weighted by Gasteiger charge is -2.33. The number of nitrogens with zero attached hydrogens (tertiary/aromatic N) is 1. The second-order valence-corrected chi connectivity index (χ2v) is 5.97. The van der Waals surface area contributed by atoms with Crippen LogP contribution in [0.1, 0.15) is 43.6 Å². The Bertz CT molecular complexity index is 493. The molecule has 0 saturated carbocycles. The molecule has 0 saturated heterocycles. The quantitative estimate of drug-likeness (QED) is 0.715. The number of amides is 1. The van der Waals surface area contributed by atoms with Crippen molar-refractivity contribution in [3.63, 3.8) is 0 Å². The molecule has 3 nitrogen and oxygen atoms in total. The van der Waals surface area contributed by atoms with Crippen molar-refractivity contribution in [3.05, 3.63) is 34.9 Å². The number of hydrogen-bond donors (Lipinski definition) is 0. The van der Waals surface area contributed by atoms with E-state index in [1.807, 2.05) is 19.1 Å². The maximum absolute atomic E-state index is 14.2. The first kappa shape index (κ1) is 13.8. The number of carbonyl (C=O) groups excluding carboxylic acids is 1. The summed E-state index contributed by atoms with van der Waals surface area (Å²) in [5.74, 6) is 0. The van der Waals surface area contributed by atoms with E-state index < -0.39 is 17.9 Å². The molecule has 104 valence electrons. The Balaban J connectivity index is 2.21. The van der Waals surface area contributed by atoms with Gasteiger partial charge in [-0.15, -0.1) is 0 Å². The number of rotatable bonds is 0. The molecule has 1 aromatic carbocycles. The molecule has 0 aromatic heterocycles. The van der Waals surface area contributed by atoms with Crippen molar-refractivity contribution < 1.29 is 13.9 Å². The molecule has 1 aliphatic rings. The fraction of sp³-hybridized carbons (Fsp3) is 0.533. The van der Waals surface area contributed by atoms with E-state index in [2.05, 4.69) is 0 Å². The van der Waals surface area contributed by atoms with Crippen molar-refractivity contribution in [3.8, 4) is 0 Å². The molecule has 2 rings (SSSR count). The molecule has 0 fully saturated rings. The zero-order valence-corrected chi connectivity index (χ0v) is 11.9. The highest BCUT2D eigenvalue weighted by molar-refractivity contribution is 5.69. The van der Waals surface area contributed by atoms with Crippen LogP contribution in [-0.2, 0) is 11.3 Å². The minimum absolute atomic E-state index is 0.0609.